The largest absolute Gasteiger partial charge is 0.462 e. The summed E-state index contributed by atoms with van der Waals surface area (Å²) in [5.74, 6) is -1.01. The van der Waals surface area contributed by atoms with Crippen molar-refractivity contribution < 1.29 is 28.6 Å². The summed E-state index contributed by atoms with van der Waals surface area (Å²) in [5.41, 5.74) is 0. The Hall–Kier alpha value is -3.93. The van der Waals surface area contributed by atoms with Crippen molar-refractivity contribution in [3.05, 3.63) is 109 Å². The minimum atomic E-state index is -0.818. The molecule has 6 nitrogen and oxygen atoms in total. The van der Waals surface area contributed by atoms with Crippen LogP contribution in [0.4, 0.5) is 0 Å². The number of hydrogen-bond acceptors (Lipinski definition) is 6. The van der Waals surface area contributed by atoms with Gasteiger partial charge in [0.15, 0.2) is 6.10 Å². The summed E-state index contributed by atoms with van der Waals surface area (Å²) in [4.78, 5) is 37.9. The number of unbranched alkanes of at least 4 members (excludes halogenated alkanes) is 20. The predicted octanol–water partition coefficient (Wildman–Crippen LogP) is 16.8. The standard InChI is InChI=1S/C57H92O6/c1-4-7-10-13-16-19-22-25-27-28-30-32-35-38-41-44-47-50-56(59)62-53-54(52-61-55(58)49-46-43-40-37-34-31-24-21-18-15-12-9-6-3)63-57(60)51-48-45-42-39-36-33-29-26-23-20-17-14-11-8-5-2/h9,12,15-21,23-27,31,34,37,40,54H,4-8,10-11,13-14,22,28-30,32-33,35-36,38-39,41-53H2,1-3H3/b12-9+,18-15+,19-16+,20-17+,24-21+,26-23+,27-25+,34-31+,40-37+. The Morgan fingerprint density at radius 2 is 0.698 bits per heavy atom. The third-order valence-corrected chi connectivity index (χ3v) is 10.4. The van der Waals surface area contributed by atoms with Gasteiger partial charge in [0.05, 0.1) is 0 Å². The molecule has 1 atom stereocenters. The second-order valence-electron chi connectivity index (χ2n) is 16.5. The average molecular weight is 873 g/mol. The zero-order chi connectivity index (χ0) is 45.8. The van der Waals surface area contributed by atoms with Crippen molar-refractivity contribution in [3.63, 3.8) is 0 Å². The van der Waals surface area contributed by atoms with Gasteiger partial charge in [-0.15, -0.1) is 0 Å². The summed E-state index contributed by atoms with van der Waals surface area (Å²) in [5, 5.41) is 0. The minimum absolute atomic E-state index is 0.112. The predicted molar refractivity (Wildman–Crippen MR) is 270 cm³/mol. The van der Waals surface area contributed by atoms with E-state index in [0.717, 1.165) is 83.5 Å². The van der Waals surface area contributed by atoms with Crippen LogP contribution >= 0.6 is 0 Å². The van der Waals surface area contributed by atoms with Gasteiger partial charge in [0.2, 0.25) is 0 Å². The van der Waals surface area contributed by atoms with E-state index >= 15 is 0 Å². The maximum absolute atomic E-state index is 12.8. The molecular formula is C57H92O6. The molecule has 0 aliphatic rings. The first-order chi connectivity index (χ1) is 31.0. The summed E-state index contributed by atoms with van der Waals surface area (Å²) in [7, 11) is 0. The van der Waals surface area contributed by atoms with Gasteiger partial charge in [-0.25, -0.2) is 0 Å². The van der Waals surface area contributed by atoms with Crippen molar-refractivity contribution in [1.82, 2.24) is 0 Å². The minimum Gasteiger partial charge on any atom is -0.462 e. The first kappa shape index (κ1) is 59.1. The van der Waals surface area contributed by atoms with Crippen LogP contribution in [0.3, 0.4) is 0 Å². The highest BCUT2D eigenvalue weighted by atomic mass is 16.6. The van der Waals surface area contributed by atoms with Gasteiger partial charge in [-0.05, 0) is 89.9 Å². The third-order valence-electron chi connectivity index (χ3n) is 10.4. The normalized spacial score (nSPS) is 13.0. The van der Waals surface area contributed by atoms with Crippen molar-refractivity contribution in [2.75, 3.05) is 13.2 Å². The smallest absolute Gasteiger partial charge is 0.306 e. The van der Waals surface area contributed by atoms with Crippen LogP contribution in [0, 0.1) is 0 Å². The van der Waals surface area contributed by atoms with Gasteiger partial charge in [-0.2, -0.15) is 0 Å². The fourth-order valence-corrected chi connectivity index (χ4v) is 6.55. The molecule has 1 unspecified atom stereocenters. The van der Waals surface area contributed by atoms with E-state index in [2.05, 4.69) is 75.5 Å². The van der Waals surface area contributed by atoms with Crippen LogP contribution in [-0.4, -0.2) is 37.2 Å². The summed E-state index contributed by atoms with van der Waals surface area (Å²) < 4.78 is 16.7. The Bertz CT molecular complexity index is 1330. The first-order valence-electron chi connectivity index (χ1n) is 25.5. The molecule has 0 saturated carbocycles. The molecule has 0 aromatic rings. The van der Waals surface area contributed by atoms with Gasteiger partial charge in [0.1, 0.15) is 13.2 Å². The third kappa shape index (κ3) is 49.0. The van der Waals surface area contributed by atoms with Crippen LogP contribution < -0.4 is 0 Å². The summed E-state index contributed by atoms with van der Waals surface area (Å²) in [6.07, 6.45) is 67.9. The second-order valence-corrected chi connectivity index (χ2v) is 16.5. The molecule has 0 saturated heterocycles. The summed E-state index contributed by atoms with van der Waals surface area (Å²) in [6, 6.07) is 0. The lowest BCUT2D eigenvalue weighted by atomic mass is 10.1. The maximum atomic E-state index is 12.8. The van der Waals surface area contributed by atoms with E-state index < -0.39 is 6.10 Å². The lowest BCUT2D eigenvalue weighted by Gasteiger charge is -2.18. The van der Waals surface area contributed by atoms with Gasteiger partial charge in [0, 0.05) is 19.3 Å². The molecule has 0 spiro atoms. The number of carbonyl (C=O) groups is 3. The van der Waals surface area contributed by atoms with Crippen molar-refractivity contribution in [3.8, 4) is 0 Å². The zero-order valence-electron chi connectivity index (χ0n) is 40.5. The molecule has 0 radical (unpaired) electrons. The lowest BCUT2D eigenvalue weighted by molar-refractivity contribution is -0.167. The Kier molecular flexibility index (Phi) is 47.5. The van der Waals surface area contributed by atoms with Crippen LogP contribution in [0.15, 0.2) is 109 Å². The second kappa shape index (κ2) is 50.7. The van der Waals surface area contributed by atoms with Crippen LogP contribution in [0.2, 0.25) is 0 Å². The molecule has 0 fully saturated rings. The van der Waals surface area contributed by atoms with Crippen LogP contribution in [0.1, 0.15) is 213 Å². The quantitative estimate of drug-likeness (QED) is 0.0199. The number of esters is 3. The topological polar surface area (TPSA) is 78.9 Å². The van der Waals surface area contributed by atoms with Gasteiger partial charge in [0.25, 0.3) is 0 Å². The number of ether oxygens (including phenoxy) is 3. The average Bonchev–Trinajstić information content (AvgIpc) is 3.28. The molecule has 63 heavy (non-hydrogen) atoms. The van der Waals surface area contributed by atoms with Crippen molar-refractivity contribution in [2.45, 2.75) is 219 Å². The van der Waals surface area contributed by atoms with Gasteiger partial charge in [-0.1, -0.05) is 214 Å². The molecule has 0 aromatic carbocycles. The summed E-state index contributed by atoms with van der Waals surface area (Å²) >= 11 is 0. The van der Waals surface area contributed by atoms with Gasteiger partial charge in [-0.3, -0.25) is 14.4 Å². The van der Waals surface area contributed by atoms with E-state index in [9.17, 15) is 14.4 Å². The molecule has 6 heteroatoms. The molecule has 0 aromatic heterocycles. The van der Waals surface area contributed by atoms with Crippen molar-refractivity contribution in [2.24, 2.45) is 0 Å². The Balaban J connectivity index is 4.52. The molecule has 0 rings (SSSR count). The number of allylic oxidation sites excluding steroid dienone is 18. The van der Waals surface area contributed by atoms with Gasteiger partial charge >= 0.3 is 17.9 Å². The van der Waals surface area contributed by atoms with Crippen LogP contribution in [0.25, 0.3) is 0 Å². The molecule has 356 valence electrons. The van der Waals surface area contributed by atoms with E-state index in [1.54, 1.807) is 0 Å². The number of rotatable bonds is 44. The van der Waals surface area contributed by atoms with E-state index in [1.807, 2.05) is 54.7 Å². The first-order valence-corrected chi connectivity index (χ1v) is 25.5. The fraction of sp³-hybridized carbons (Fsp3) is 0.632. The SMILES string of the molecule is CC/C=C/C=C/C=C/C=C/C=C/CCCC(=O)OCC(COC(=O)CCCCCCCCC/C=C/C/C=C/CCCCC)OC(=O)CCCCCCCC/C=C/C=C/CCCCC. The Morgan fingerprint density at radius 1 is 0.349 bits per heavy atom. The molecule has 0 aliphatic heterocycles. The summed E-state index contributed by atoms with van der Waals surface area (Å²) in [6.45, 7) is 6.34. The van der Waals surface area contributed by atoms with Crippen LogP contribution in [0.5, 0.6) is 0 Å². The molecule has 0 heterocycles. The highest BCUT2D eigenvalue weighted by molar-refractivity contribution is 5.71. The van der Waals surface area contributed by atoms with Crippen molar-refractivity contribution >= 4 is 17.9 Å². The fourth-order valence-electron chi connectivity index (χ4n) is 6.55. The van der Waals surface area contributed by atoms with E-state index in [4.69, 9.17) is 14.2 Å². The maximum Gasteiger partial charge on any atom is 0.306 e. The number of hydrogen-bond donors (Lipinski definition) is 0. The van der Waals surface area contributed by atoms with E-state index in [1.165, 1.54) is 83.5 Å². The van der Waals surface area contributed by atoms with Crippen LogP contribution in [-0.2, 0) is 28.6 Å². The molecular weight excluding hydrogens is 781 g/mol. The Labute approximate surface area is 387 Å². The van der Waals surface area contributed by atoms with Gasteiger partial charge < -0.3 is 14.2 Å². The lowest BCUT2D eigenvalue weighted by Crippen LogP contribution is -2.30. The monoisotopic (exact) mass is 873 g/mol. The Morgan fingerprint density at radius 3 is 1.17 bits per heavy atom. The molecule has 0 bridgehead atoms. The highest BCUT2D eigenvalue weighted by Gasteiger charge is 2.19. The number of carbonyl (C=O) groups excluding carboxylic acids is 3. The molecule has 0 aliphatic carbocycles. The zero-order valence-corrected chi connectivity index (χ0v) is 40.5. The molecule has 0 amide bonds. The molecule has 0 N–H and O–H groups in total. The van der Waals surface area contributed by atoms with E-state index in [0.29, 0.717) is 19.3 Å². The van der Waals surface area contributed by atoms with E-state index in [-0.39, 0.29) is 37.5 Å². The highest BCUT2D eigenvalue weighted by Crippen LogP contribution is 2.13. The van der Waals surface area contributed by atoms with Crippen molar-refractivity contribution in [1.29, 1.82) is 0 Å².